The van der Waals surface area contributed by atoms with Gasteiger partial charge in [-0.05, 0) is 24.6 Å². The van der Waals surface area contributed by atoms with Crippen LogP contribution in [0.4, 0.5) is 0 Å². The Bertz CT molecular complexity index is 475. The minimum absolute atomic E-state index is 0.286. The van der Waals surface area contributed by atoms with Crippen molar-refractivity contribution in [1.82, 2.24) is 4.90 Å². The Kier molecular flexibility index (Phi) is 6.16. The number of halogens is 1. The molecule has 0 N–H and O–H groups in total. The average molecular weight is 344 g/mol. The van der Waals surface area contributed by atoms with Crippen LogP contribution in [0, 0.1) is 0 Å². The third kappa shape index (κ3) is 3.80. The van der Waals surface area contributed by atoms with Gasteiger partial charge in [0.25, 0.3) is 5.91 Å². The van der Waals surface area contributed by atoms with Crippen molar-refractivity contribution in [3.63, 3.8) is 0 Å². The summed E-state index contributed by atoms with van der Waals surface area (Å²) < 4.78 is 10.7. The fourth-order valence-electron chi connectivity index (χ4n) is 1.79. The molecule has 0 heterocycles. The molecular weight excluding hydrogens is 326 g/mol. The van der Waals surface area contributed by atoms with Crippen molar-refractivity contribution >= 4 is 27.8 Å². The Labute approximate surface area is 127 Å². The van der Waals surface area contributed by atoms with Gasteiger partial charge in [-0.3, -0.25) is 4.79 Å². The van der Waals surface area contributed by atoms with Crippen LogP contribution in [0.1, 0.15) is 18.5 Å². The SMILES string of the molecule is COC(=O)[C@@H](c1ccc(Br)cc1)N(C)C(=O)[C@@H](C)OC. The molecule has 0 saturated carbocycles. The van der Waals surface area contributed by atoms with Crippen LogP contribution in [0.15, 0.2) is 28.7 Å². The highest BCUT2D eigenvalue weighted by Crippen LogP contribution is 2.23. The Morgan fingerprint density at radius 2 is 1.75 bits per heavy atom. The van der Waals surface area contributed by atoms with E-state index in [-0.39, 0.29) is 5.91 Å². The van der Waals surface area contributed by atoms with E-state index < -0.39 is 18.1 Å². The van der Waals surface area contributed by atoms with Gasteiger partial charge in [0.2, 0.25) is 0 Å². The monoisotopic (exact) mass is 343 g/mol. The molecule has 0 spiro atoms. The van der Waals surface area contributed by atoms with Gasteiger partial charge >= 0.3 is 5.97 Å². The van der Waals surface area contributed by atoms with Gasteiger partial charge in [0, 0.05) is 18.6 Å². The molecule has 0 saturated heterocycles. The first-order chi connectivity index (χ1) is 9.42. The standard InChI is InChI=1S/C14H18BrNO4/c1-9(19-3)13(17)16(2)12(14(18)20-4)10-5-7-11(15)8-6-10/h5-9,12H,1-4H3/t9-,12-/m1/s1. The van der Waals surface area contributed by atoms with Gasteiger partial charge in [-0.1, -0.05) is 28.1 Å². The predicted octanol–water partition coefficient (Wildman–Crippen LogP) is 2.16. The number of esters is 1. The molecule has 1 aromatic carbocycles. The molecule has 2 atom stereocenters. The van der Waals surface area contributed by atoms with E-state index in [0.717, 1.165) is 4.47 Å². The Hall–Kier alpha value is -1.40. The molecule has 0 aliphatic carbocycles. The van der Waals surface area contributed by atoms with Crippen LogP contribution in [0.3, 0.4) is 0 Å². The molecule has 6 heteroatoms. The lowest BCUT2D eigenvalue weighted by Gasteiger charge is -2.28. The largest absolute Gasteiger partial charge is 0.467 e. The predicted molar refractivity (Wildman–Crippen MR) is 78.1 cm³/mol. The number of ether oxygens (including phenoxy) is 2. The number of rotatable bonds is 5. The number of nitrogens with zero attached hydrogens (tertiary/aromatic N) is 1. The summed E-state index contributed by atoms with van der Waals surface area (Å²) in [5.41, 5.74) is 0.680. The molecule has 5 nitrogen and oxygen atoms in total. The molecule has 0 aliphatic heterocycles. The highest BCUT2D eigenvalue weighted by molar-refractivity contribution is 9.10. The van der Waals surface area contributed by atoms with Crippen LogP contribution in [0.5, 0.6) is 0 Å². The van der Waals surface area contributed by atoms with Crippen molar-refractivity contribution in [2.75, 3.05) is 21.3 Å². The smallest absolute Gasteiger partial charge is 0.333 e. The van der Waals surface area contributed by atoms with E-state index in [9.17, 15) is 9.59 Å². The summed E-state index contributed by atoms with van der Waals surface area (Å²) in [5.74, 6) is -0.780. The summed E-state index contributed by atoms with van der Waals surface area (Å²) in [6.07, 6.45) is -0.623. The number of hydrogen-bond acceptors (Lipinski definition) is 4. The van der Waals surface area contributed by atoms with Gasteiger partial charge in [-0.15, -0.1) is 0 Å². The molecule has 0 aliphatic rings. The fourth-order valence-corrected chi connectivity index (χ4v) is 2.05. The third-order valence-electron chi connectivity index (χ3n) is 3.05. The number of carbonyl (C=O) groups is 2. The van der Waals surface area contributed by atoms with Crippen LogP contribution in [0.2, 0.25) is 0 Å². The molecular formula is C14H18BrNO4. The molecule has 110 valence electrons. The van der Waals surface area contributed by atoms with Crippen molar-refractivity contribution in [3.8, 4) is 0 Å². The fraction of sp³-hybridized carbons (Fsp3) is 0.429. The number of amides is 1. The maximum atomic E-state index is 12.2. The van der Waals surface area contributed by atoms with Crippen LogP contribution >= 0.6 is 15.9 Å². The highest BCUT2D eigenvalue weighted by Gasteiger charge is 2.31. The minimum Gasteiger partial charge on any atom is -0.467 e. The number of benzene rings is 1. The van der Waals surface area contributed by atoms with Gasteiger partial charge in [0.15, 0.2) is 6.04 Å². The second-order valence-electron chi connectivity index (χ2n) is 4.30. The van der Waals surface area contributed by atoms with E-state index >= 15 is 0 Å². The molecule has 20 heavy (non-hydrogen) atoms. The first kappa shape index (κ1) is 16.7. The Morgan fingerprint density at radius 1 is 1.20 bits per heavy atom. The zero-order chi connectivity index (χ0) is 15.3. The van der Waals surface area contributed by atoms with Gasteiger partial charge in [0.05, 0.1) is 7.11 Å². The van der Waals surface area contributed by atoms with Crippen molar-refractivity contribution in [2.45, 2.75) is 19.1 Å². The van der Waals surface area contributed by atoms with Crippen LogP contribution < -0.4 is 0 Å². The second kappa shape index (κ2) is 7.40. The quantitative estimate of drug-likeness (QED) is 0.768. The van der Waals surface area contributed by atoms with E-state index in [1.165, 1.54) is 19.1 Å². The zero-order valence-electron chi connectivity index (χ0n) is 11.9. The zero-order valence-corrected chi connectivity index (χ0v) is 13.5. The van der Waals surface area contributed by atoms with Crippen LogP contribution in [-0.2, 0) is 19.1 Å². The summed E-state index contributed by atoms with van der Waals surface area (Å²) >= 11 is 3.33. The lowest BCUT2D eigenvalue weighted by molar-refractivity contribution is -0.155. The van der Waals surface area contributed by atoms with Gasteiger partial charge < -0.3 is 14.4 Å². The molecule has 1 rings (SSSR count). The van der Waals surface area contributed by atoms with E-state index in [2.05, 4.69) is 15.9 Å². The Balaban J connectivity index is 3.09. The van der Waals surface area contributed by atoms with Crippen LogP contribution in [-0.4, -0.2) is 44.1 Å². The molecule has 0 radical (unpaired) electrons. The maximum Gasteiger partial charge on any atom is 0.333 e. The number of methoxy groups -OCH3 is 2. The topological polar surface area (TPSA) is 55.8 Å². The minimum atomic E-state index is -0.793. The van der Waals surface area contributed by atoms with Crippen molar-refractivity contribution in [3.05, 3.63) is 34.3 Å². The van der Waals surface area contributed by atoms with Crippen molar-refractivity contribution in [1.29, 1.82) is 0 Å². The Morgan fingerprint density at radius 3 is 2.20 bits per heavy atom. The number of hydrogen-bond donors (Lipinski definition) is 0. The summed E-state index contributed by atoms with van der Waals surface area (Å²) in [6.45, 7) is 1.63. The normalized spacial score (nSPS) is 13.4. The maximum absolute atomic E-state index is 12.2. The molecule has 0 unspecified atom stereocenters. The summed E-state index contributed by atoms with van der Waals surface area (Å²) in [5, 5.41) is 0. The number of carbonyl (C=O) groups excluding carboxylic acids is 2. The van der Waals surface area contributed by atoms with Gasteiger partial charge in [-0.2, -0.15) is 0 Å². The van der Waals surface area contributed by atoms with Gasteiger partial charge in [-0.25, -0.2) is 4.79 Å². The van der Waals surface area contributed by atoms with Crippen molar-refractivity contribution in [2.24, 2.45) is 0 Å². The van der Waals surface area contributed by atoms with E-state index in [1.807, 2.05) is 12.1 Å². The lowest BCUT2D eigenvalue weighted by Crippen LogP contribution is -2.41. The van der Waals surface area contributed by atoms with Gasteiger partial charge in [0.1, 0.15) is 6.10 Å². The van der Waals surface area contributed by atoms with E-state index in [1.54, 1.807) is 26.1 Å². The lowest BCUT2D eigenvalue weighted by atomic mass is 10.1. The summed E-state index contributed by atoms with van der Waals surface area (Å²) in [7, 11) is 4.30. The van der Waals surface area contributed by atoms with E-state index in [4.69, 9.17) is 9.47 Å². The summed E-state index contributed by atoms with van der Waals surface area (Å²) in [6, 6.07) is 6.37. The molecule has 0 aromatic heterocycles. The van der Waals surface area contributed by atoms with Crippen LogP contribution in [0.25, 0.3) is 0 Å². The average Bonchev–Trinajstić information content (AvgIpc) is 2.47. The first-order valence-corrected chi connectivity index (χ1v) is 6.84. The van der Waals surface area contributed by atoms with Crippen molar-refractivity contribution < 1.29 is 19.1 Å². The molecule has 0 fully saturated rings. The third-order valence-corrected chi connectivity index (χ3v) is 3.58. The second-order valence-corrected chi connectivity index (χ2v) is 5.22. The molecule has 1 amide bonds. The molecule has 1 aromatic rings. The van der Waals surface area contributed by atoms with E-state index in [0.29, 0.717) is 5.56 Å². The highest BCUT2D eigenvalue weighted by atomic mass is 79.9. The molecule has 0 bridgehead atoms. The number of likely N-dealkylation sites (N-methyl/N-ethyl adjacent to an activating group) is 1. The summed E-state index contributed by atoms with van der Waals surface area (Å²) in [4.78, 5) is 25.5. The first-order valence-electron chi connectivity index (χ1n) is 6.05.